The van der Waals surface area contributed by atoms with Crippen LogP contribution < -0.4 is 10.6 Å². The van der Waals surface area contributed by atoms with Crippen molar-refractivity contribution < 1.29 is 14.7 Å². The minimum atomic E-state index is -0.920. The van der Waals surface area contributed by atoms with Gasteiger partial charge in [0, 0.05) is 24.7 Å². The maximum atomic E-state index is 11.6. The zero-order chi connectivity index (χ0) is 17.5. The molecule has 0 aromatic heterocycles. The summed E-state index contributed by atoms with van der Waals surface area (Å²) in [4.78, 5) is 22.6. The summed E-state index contributed by atoms with van der Waals surface area (Å²) in [5, 5.41) is 15.1. The molecule has 126 valence electrons. The Kier molecular flexibility index (Phi) is 6.09. The summed E-state index contributed by atoms with van der Waals surface area (Å²) in [6, 6.07) is 14.5. The normalized spacial score (nSPS) is 10.6. The quantitative estimate of drug-likeness (QED) is 0.730. The predicted molar refractivity (Wildman–Crippen MR) is 93.9 cm³/mol. The van der Waals surface area contributed by atoms with Crippen molar-refractivity contribution >= 4 is 17.6 Å². The number of hydrogen-bond acceptors (Lipinski definition) is 3. The molecule has 0 unspecified atom stereocenters. The molecule has 0 heterocycles. The summed E-state index contributed by atoms with van der Waals surface area (Å²) < 4.78 is 0. The molecule has 0 spiro atoms. The van der Waals surface area contributed by atoms with Gasteiger partial charge in [-0.05, 0) is 35.4 Å². The van der Waals surface area contributed by atoms with Crippen molar-refractivity contribution in [2.75, 3.05) is 5.32 Å². The largest absolute Gasteiger partial charge is 0.478 e. The molecular formula is C19H22N2O3. The summed E-state index contributed by atoms with van der Waals surface area (Å²) in [5.74, 6) is -0.969. The lowest BCUT2D eigenvalue weighted by atomic mass is 10.1. The van der Waals surface area contributed by atoms with Gasteiger partial charge >= 0.3 is 5.97 Å². The van der Waals surface area contributed by atoms with E-state index in [1.807, 2.05) is 44.2 Å². The monoisotopic (exact) mass is 326 g/mol. The van der Waals surface area contributed by atoms with Crippen molar-refractivity contribution in [3.63, 3.8) is 0 Å². The van der Waals surface area contributed by atoms with E-state index in [0.29, 0.717) is 18.7 Å². The smallest absolute Gasteiger partial charge is 0.335 e. The SMILES string of the molecule is CC(C)C(=O)Nc1ccc(CNCc2cccc(C(=O)O)c2)cc1. The van der Waals surface area contributed by atoms with E-state index in [4.69, 9.17) is 5.11 Å². The van der Waals surface area contributed by atoms with E-state index in [0.717, 1.165) is 16.8 Å². The summed E-state index contributed by atoms with van der Waals surface area (Å²) in [7, 11) is 0. The molecule has 5 nitrogen and oxygen atoms in total. The van der Waals surface area contributed by atoms with Gasteiger partial charge in [0.25, 0.3) is 0 Å². The van der Waals surface area contributed by atoms with E-state index in [2.05, 4.69) is 10.6 Å². The third kappa shape index (κ3) is 5.21. The predicted octanol–water partition coefficient (Wildman–Crippen LogP) is 3.27. The summed E-state index contributed by atoms with van der Waals surface area (Å²) in [6.45, 7) is 4.96. The van der Waals surface area contributed by atoms with Gasteiger partial charge < -0.3 is 15.7 Å². The molecule has 0 radical (unpaired) electrons. The molecule has 24 heavy (non-hydrogen) atoms. The third-order valence-corrected chi connectivity index (χ3v) is 3.58. The van der Waals surface area contributed by atoms with Crippen molar-refractivity contribution in [3.8, 4) is 0 Å². The molecule has 0 aliphatic carbocycles. The average molecular weight is 326 g/mol. The zero-order valence-corrected chi connectivity index (χ0v) is 13.9. The number of carboxylic acids is 1. The second-order valence-electron chi connectivity index (χ2n) is 5.95. The topological polar surface area (TPSA) is 78.4 Å². The lowest BCUT2D eigenvalue weighted by Crippen LogP contribution is -2.17. The molecule has 3 N–H and O–H groups in total. The van der Waals surface area contributed by atoms with Crippen molar-refractivity contribution in [2.24, 2.45) is 5.92 Å². The van der Waals surface area contributed by atoms with Crippen LogP contribution in [0.1, 0.15) is 35.3 Å². The molecule has 0 saturated heterocycles. The van der Waals surface area contributed by atoms with Crippen LogP contribution in [0.5, 0.6) is 0 Å². The maximum absolute atomic E-state index is 11.6. The first-order valence-corrected chi connectivity index (χ1v) is 7.88. The third-order valence-electron chi connectivity index (χ3n) is 3.58. The molecule has 0 bridgehead atoms. The highest BCUT2D eigenvalue weighted by Crippen LogP contribution is 2.11. The van der Waals surface area contributed by atoms with Gasteiger partial charge in [-0.3, -0.25) is 4.79 Å². The Morgan fingerprint density at radius 3 is 2.29 bits per heavy atom. The van der Waals surface area contributed by atoms with Crippen LogP contribution >= 0.6 is 0 Å². The van der Waals surface area contributed by atoms with E-state index in [1.54, 1.807) is 18.2 Å². The first kappa shape index (κ1) is 17.7. The standard InChI is InChI=1S/C19H22N2O3/c1-13(2)18(22)21-17-8-6-14(7-9-17)11-20-12-15-4-3-5-16(10-15)19(23)24/h3-10,13,20H,11-12H2,1-2H3,(H,21,22)(H,23,24). The van der Waals surface area contributed by atoms with Crippen LogP contribution in [-0.4, -0.2) is 17.0 Å². The second kappa shape index (κ2) is 8.26. The van der Waals surface area contributed by atoms with Gasteiger partial charge in [-0.2, -0.15) is 0 Å². The van der Waals surface area contributed by atoms with Gasteiger partial charge in [-0.25, -0.2) is 4.79 Å². The minimum absolute atomic E-state index is 0.000753. The molecule has 5 heteroatoms. The van der Waals surface area contributed by atoms with Crippen LogP contribution in [-0.2, 0) is 17.9 Å². The number of rotatable bonds is 7. The lowest BCUT2D eigenvalue weighted by Gasteiger charge is -2.09. The highest BCUT2D eigenvalue weighted by atomic mass is 16.4. The van der Waals surface area contributed by atoms with Gasteiger partial charge in [-0.15, -0.1) is 0 Å². The fourth-order valence-electron chi connectivity index (χ4n) is 2.16. The highest BCUT2D eigenvalue weighted by molar-refractivity contribution is 5.92. The van der Waals surface area contributed by atoms with Gasteiger partial charge in [0.05, 0.1) is 5.56 Å². The molecule has 1 amide bonds. The van der Waals surface area contributed by atoms with Crippen LogP contribution in [0.3, 0.4) is 0 Å². The zero-order valence-electron chi connectivity index (χ0n) is 13.9. The number of aromatic carboxylic acids is 1. The Labute approximate surface area is 141 Å². The number of anilines is 1. The number of carboxylic acid groups (broad SMARTS) is 1. The van der Waals surface area contributed by atoms with E-state index >= 15 is 0 Å². The number of carbonyl (C=O) groups excluding carboxylic acids is 1. The van der Waals surface area contributed by atoms with Gasteiger partial charge in [0.2, 0.25) is 5.91 Å². The Hall–Kier alpha value is -2.66. The van der Waals surface area contributed by atoms with Crippen LogP contribution in [0.4, 0.5) is 5.69 Å². The second-order valence-corrected chi connectivity index (χ2v) is 5.95. The molecule has 2 aromatic carbocycles. The Bertz CT molecular complexity index is 709. The number of benzene rings is 2. The average Bonchev–Trinajstić information content (AvgIpc) is 2.56. The number of hydrogen-bond donors (Lipinski definition) is 3. The van der Waals surface area contributed by atoms with Crippen LogP contribution in [0.15, 0.2) is 48.5 Å². The fraction of sp³-hybridized carbons (Fsp3) is 0.263. The summed E-state index contributed by atoms with van der Waals surface area (Å²) in [5.41, 5.74) is 3.09. The first-order chi connectivity index (χ1) is 11.5. The maximum Gasteiger partial charge on any atom is 0.335 e. The molecule has 0 fully saturated rings. The number of amides is 1. The van der Waals surface area contributed by atoms with Crippen LogP contribution in [0, 0.1) is 5.92 Å². The summed E-state index contributed by atoms with van der Waals surface area (Å²) >= 11 is 0. The Morgan fingerprint density at radius 1 is 1.00 bits per heavy atom. The van der Waals surface area contributed by atoms with Gasteiger partial charge in [0.15, 0.2) is 0 Å². The van der Waals surface area contributed by atoms with Crippen molar-refractivity contribution in [2.45, 2.75) is 26.9 Å². The Morgan fingerprint density at radius 2 is 1.67 bits per heavy atom. The van der Waals surface area contributed by atoms with Crippen molar-refractivity contribution in [1.29, 1.82) is 0 Å². The molecule has 0 aliphatic heterocycles. The molecule has 2 aromatic rings. The van der Waals surface area contributed by atoms with E-state index in [9.17, 15) is 9.59 Å². The summed E-state index contributed by atoms with van der Waals surface area (Å²) in [6.07, 6.45) is 0. The molecular weight excluding hydrogens is 304 g/mol. The van der Waals surface area contributed by atoms with E-state index < -0.39 is 5.97 Å². The fourth-order valence-corrected chi connectivity index (χ4v) is 2.16. The molecule has 2 rings (SSSR count). The first-order valence-electron chi connectivity index (χ1n) is 7.88. The minimum Gasteiger partial charge on any atom is -0.478 e. The van der Waals surface area contributed by atoms with E-state index in [-0.39, 0.29) is 11.8 Å². The molecule has 0 saturated carbocycles. The van der Waals surface area contributed by atoms with E-state index in [1.165, 1.54) is 0 Å². The van der Waals surface area contributed by atoms with Crippen LogP contribution in [0.25, 0.3) is 0 Å². The van der Waals surface area contributed by atoms with Gasteiger partial charge in [0.1, 0.15) is 0 Å². The highest BCUT2D eigenvalue weighted by Gasteiger charge is 2.07. The van der Waals surface area contributed by atoms with Gasteiger partial charge in [-0.1, -0.05) is 38.1 Å². The van der Waals surface area contributed by atoms with Crippen molar-refractivity contribution in [1.82, 2.24) is 5.32 Å². The molecule has 0 aliphatic rings. The Balaban J connectivity index is 1.85. The number of carbonyl (C=O) groups is 2. The lowest BCUT2D eigenvalue weighted by molar-refractivity contribution is -0.118. The van der Waals surface area contributed by atoms with Crippen molar-refractivity contribution in [3.05, 3.63) is 65.2 Å². The van der Waals surface area contributed by atoms with Crippen LogP contribution in [0.2, 0.25) is 0 Å². The molecule has 0 atom stereocenters. The number of nitrogens with one attached hydrogen (secondary N) is 2.